The van der Waals surface area contributed by atoms with Crippen LogP contribution in [0.2, 0.25) is 0 Å². The molecule has 0 fully saturated rings. The van der Waals surface area contributed by atoms with Gasteiger partial charge in [-0.2, -0.15) is 0 Å². The van der Waals surface area contributed by atoms with Crippen molar-refractivity contribution >= 4 is 40.2 Å². The van der Waals surface area contributed by atoms with Crippen molar-refractivity contribution < 1.29 is 19.1 Å². The third-order valence-electron chi connectivity index (χ3n) is 3.36. The maximum atomic E-state index is 12.3. The number of esters is 1. The number of anilines is 1. The Balaban J connectivity index is 2.06. The summed E-state index contributed by atoms with van der Waals surface area (Å²) in [7, 11) is 1.53. The average Bonchev–Trinajstić information content (AvgIpc) is 2.55. The number of aryl methyl sites for hydroxylation is 1. The molecule has 1 N–H and O–H groups in total. The maximum absolute atomic E-state index is 12.3. The number of hydrogen-bond acceptors (Lipinski definition) is 4. The first-order valence-corrected chi connectivity index (χ1v) is 8.41. The first-order valence-electron chi connectivity index (χ1n) is 7.33. The minimum absolute atomic E-state index is 0.418. The molecular weight excluding hydrogens is 421 g/mol. The summed E-state index contributed by atoms with van der Waals surface area (Å²) in [5.74, 6) is -0.401. The Morgan fingerprint density at radius 1 is 1.17 bits per heavy atom. The molecule has 2 aromatic rings. The van der Waals surface area contributed by atoms with Crippen LogP contribution in [0.4, 0.5) is 5.69 Å². The minimum atomic E-state index is -0.932. The molecule has 0 aliphatic rings. The molecule has 1 atom stereocenters. The number of carbonyl (C=O) groups excluding carboxylic acids is 2. The van der Waals surface area contributed by atoms with Gasteiger partial charge in [0.2, 0.25) is 0 Å². The van der Waals surface area contributed by atoms with Gasteiger partial charge in [0.05, 0.1) is 18.4 Å². The Labute approximate surface area is 154 Å². The number of ether oxygens (including phenoxy) is 2. The number of methoxy groups -OCH3 is 1. The van der Waals surface area contributed by atoms with Gasteiger partial charge >= 0.3 is 5.97 Å². The van der Waals surface area contributed by atoms with Gasteiger partial charge in [-0.1, -0.05) is 18.2 Å². The minimum Gasteiger partial charge on any atom is -0.495 e. The third-order valence-corrected chi connectivity index (χ3v) is 4.30. The summed E-state index contributed by atoms with van der Waals surface area (Å²) in [6.45, 7) is 3.45. The summed E-state index contributed by atoms with van der Waals surface area (Å²) < 4.78 is 11.3. The Hall–Kier alpha value is -2.09. The van der Waals surface area contributed by atoms with E-state index < -0.39 is 18.0 Å². The molecule has 6 heteroatoms. The highest BCUT2D eigenvalue weighted by Crippen LogP contribution is 2.25. The van der Waals surface area contributed by atoms with Gasteiger partial charge in [0.1, 0.15) is 5.75 Å². The van der Waals surface area contributed by atoms with Gasteiger partial charge in [-0.25, -0.2) is 4.79 Å². The van der Waals surface area contributed by atoms with E-state index >= 15 is 0 Å². The molecule has 0 aliphatic heterocycles. The number of rotatable bonds is 5. The van der Waals surface area contributed by atoms with Gasteiger partial charge < -0.3 is 14.8 Å². The lowest BCUT2D eigenvalue weighted by molar-refractivity contribution is -0.123. The summed E-state index contributed by atoms with van der Waals surface area (Å²) in [5.41, 5.74) is 1.96. The number of nitrogens with one attached hydrogen (secondary N) is 1. The topological polar surface area (TPSA) is 64.6 Å². The van der Waals surface area contributed by atoms with Crippen molar-refractivity contribution in [3.8, 4) is 5.75 Å². The average molecular weight is 439 g/mol. The van der Waals surface area contributed by atoms with Crippen molar-refractivity contribution in [2.24, 2.45) is 0 Å². The fourth-order valence-electron chi connectivity index (χ4n) is 2.06. The van der Waals surface area contributed by atoms with Gasteiger partial charge in [0.15, 0.2) is 6.10 Å². The van der Waals surface area contributed by atoms with E-state index in [2.05, 4.69) is 27.9 Å². The van der Waals surface area contributed by atoms with E-state index in [4.69, 9.17) is 9.47 Å². The molecule has 0 radical (unpaired) electrons. The lowest BCUT2D eigenvalue weighted by Gasteiger charge is -2.16. The second-order valence-electron chi connectivity index (χ2n) is 5.22. The van der Waals surface area contributed by atoms with E-state index in [0.29, 0.717) is 17.0 Å². The van der Waals surface area contributed by atoms with Crippen molar-refractivity contribution in [1.82, 2.24) is 0 Å². The highest BCUT2D eigenvalue weighted by Gasteiger charge is 2.21. The maximum Gasteiger partial charge on any atom is 0.339 e. The van der Waals surface area contributed by atoms with Crippen molar-refractivity contribution in [2.45, 2.75) is 20.0 Å². The molecule has 0 bridgehead atoms. The SMILES string of the molecule is COc1ccc(C)cc1NC(=O)C(C)OC(=O)c1ccccc1I. The highest BCUT2D eigenvalue weighted by atomic mass is 127. The Kier molecular flexibility index (Phi) is 6.19. The van der Waals surface area contributed by atoms with Crippen LogP contribution in [0.15, 0.2) is 42.5 Å². The van der Waals surface area contributed by atoms with Gasteiger partial charge in [-0.3, -0.25) is 4.79 Å². The number of benzene rings is 2. The smallest absolute Gasteiger partial charge is 0.339 e. The summed E-state index contributed by atoms with van der Waals surface area (Å²) >= 11 is 2.05. The van der Waals surface area contributed by atoms with E-state index in [-0.39, 0.29) is 0 Å². The van der Waals surface area contributed by atoms with Crippen molar-refractivity contribution in [2.75, 3.05) is 12.4 Å². The Morgan fingerprint density at radius 3 is 2.54 bits per heavy atom. The molecule has 2 rings (SSSR count). The van der Waals surface area contributed by atoms with Crippen LogP contribution in [0, 0.1) is 10.5 Å². The zero-order chi connectivity index (χ0) is 17.7. The molecule has 0 aromatic heterocycles. The first kappa shape index (κ1) is 18.3. The van der Waals surface area contributed by atoms with Crippen molar-refractivity contribution in [3.05, 3.63) is 57.2 Å². The Morgan fingerprint density at radius 2 is 1.88 bits per heavy atom. The van der Waals surface area contributed by atoms with Crippen LogP contribution in [0.25, 0.3) is 0 Å². The van der Waals surface area contributed by atoms with Crippen LogP contribution in [0.3, 0.4) is 0 Å². The lowest BCUT2D eigenvalue weighted by Crippen LogP contribution is -2.30. The van der Waals surface area contributed by atoms with Gasteiger partial charge in [0, 0.05) is 3.57 Å². The largest absolute Gasteiger partial charge is 0.495 e. The van der Waals surface area contributed by atoms with Gasteiger partial charge in [-0.15, -0.1) is 0 Å². The summed E-state index contributed by atoms with van der Waals surface area (Å²) in [4.78, 5) is 24.5. The number of hydrogen-bond donors (Lipinski definition) is 1. The molecule has 126 valence electrons. The van der Waals surface area contributed by atoms with Crippen LogP contribution in [0.5, 0.6) is 5.75 Å². The van der Waals surface area contributed by atoms with Gasteiger partial charge in [0.25, 0.3) is 5.91 Å². The van der Waals surface area contributed by atoms with E-state index in [1.807, 2.05) is 19.1 Å². The highest BCUT2D eigenvalue weighted by molar-refractivity contribution is 14.1. The predicted molar refractivity (Wildman–Crippen MR) is 100 cm³/mol. The Bertz CT molecular complexity index is 760. The molecule has 1 amide bonds. The predicted octanol–water partition coefficient (Wildman–Crippen LogP) is 3.79. The van der Waals surface area contributed by atoms with Crippen LogP contribution in [0.1, 0.15) is 22.8 Å². The van der Waals surface area contributed by atoms with Gasteiger partial charge in [-0.05, 0) is 66.3 Å². The zero-order valence-electron chi connectivity index (χ0n) is 13.6. The summed E-state index contributed by atoms with van der Waals surface area (Å²) in [6.07, 6.45) is -0.932. The number of amides is 1. The van der Waals surface area contributed by atoms with Crippen LogP contribution in [-0.2, 0) is 9.53 Å². The number of carbonyl (C=O) groups is 2. The van der Waals surface area contributed by atoms with Crippen LogP contribution < -0.4 is 10.1 Å². The number of halogens is 1. The third kappa shape index (κ3) is 4.47. The molecule has 0 saturated carbocycles. The molecule has 0 spiro atoms. The van der Waals surface area contributed by atoms with Crippen molar-refractivity contribution in [1.29, 1.82) is 0 Å². The molecule has 2 aromatic carbocycles. The molecule has 24 heavy (non-hydrogen) atoms. The molecule has 0 heterocycles. The second kappa shape index (κ2) is 8.14. The molecule has 5 nitrogen and oxygen atoms in total. The first-order chi connectivity index (χ1) is 11.4. The van der Waals surface area contributed by atoms with Crippen LogP contribution >= 0.6 is 22.6 Å². The molecule has 0 aliphatic carbocycles. The van der Waals surface area contributed by atoms with Crippen LogP contribution in [-0.4, -0.2) is 25.1 Å². The van der Waals surface area contributed by atoms with E-state index in [9.17, 15) is 9.59 Å². The molecule has 1 unspecified atom stereocenters. The molecule has 0 saturated heterocycles. The fourth-order valence-corrected chi connectivity index (χ4v) is 2.67. The van der Waals surface area contributed by atoms with E-state index in [1.54, 1.807) is 30.3 Å². The standard InChI is InChI=1S/C18H18INO4/c1-11-8-9-16(23-3)15(10-11)20-17(21)12(2)24-18(22)13-6-4-5-7-14(13)19/h4-10,12H,1-3H3,(H,20,21). The monoisotopic (exact) mass is 439 g/mol. The fraction of sp³-hybridized carbons (Fsp3) is 0.222. The second-order valence-corrected chi connectivity index (χ2v) is 6.38. The van der Waals surface area contributed by atoms with Crippen molar-refractivity contribution in [3.63, 3.8) is 0 Å². The zero-order valence-corrected chi connectivity index (χ0v) is 15.8. The normalized spacial score (nSPS) is 11.5. The van der Waals surface area contributed by atoms with E-state index in [0.717, 1.165) is 9.13 Å². The van der Waals surface area contributed by atoms with E-state index in [1.165, 1.54) is 14.0 Å². The molecular formula is C18H18INO4. The quantitative estimate of drug-likeness (QED) is 0.569. The lowest BCUT2D eigenvalue weighted by atomic mass is 10.2. The summed E-state index contributed by atoms with van der Waals surface area (Å²) in [5, 5.41) is 2.73. The summed E-state index contributed by atoms with van der Waals surface area (Å²) in [6, 6.07) is 12.5.